The van der Waals surface area contributed by atoms with E-state index in [4.69, 9.17) is 17.3 Å². The number of hydrogen-bond donors (Lipinski definition) is 1. The molecule has 8 heteroatoms. The number of halogens is 1. The minimum Gasteiger partial charge on any atom is -0.465 e. The molecule has 0 aliphatic carbocycles. The number of nitrogens with two attached hydrogens (primary N) is 1. The van der Waals surface area contributed by atoms with Crippen LogP contribution in [-0.4, -0.2) is 38.9 Å². The van der Waals surface area contributed by atoms with E-state index in [9.17, 15) is 13.2 Å². The topological polar surface area (TPSA) is 89.7 Å². The molecule has 0 atom stereocenters. The molecule has 0 aliphatic heterocycles. The number of carbonyl (C=O) groups excluding carboxylic acids is 1. The number of rotatable bonds is 8. The van der Waals surface area contributed by atoms with Crippen LogP contribution in [0.2, 0.25) is 5.02 Å². The molecule has 2 N–H and O–H groups in total. The highest BCUT2D eigenvalue weighted by Crippen LogP contribution is 2.25. The highest BCUT2D eigenvalue weighted by molar-refractivity contribution is 7.89. The van der Waals surface area contributed by atoms with Crippen LogP contribution < -0.4 is 5.73 Å². The lowest BCUT2D eigenvalue weighted by Gasteiger charge is -2.22. The average Bonchev–Trinajstić information content (AvgIpc) is 2.65. The van der Waals surface area contributed by atoms with Gasteiger partial charge in [0.25, 0.3) is 0 Å². The molecule has 0 bridgehead atoms. The van der Waals surface area contributed by atoms with Crippen molar-refractivity contribution in [1.29, 1.82) is 0 Å². The van der Waals surface area contributed by atoms with Gasteiger partial charge in [-0.15, -0.1) is 0 Å². The summed E-state index contributed by atoms with van der Waals surface area (Å²) in [7, 11) is -2.57. The Labute approximate surface area is 158 Å². The Morgan fingerprint density at radius 1 is 1.19 bits per heavy atom. The van der Waals surface area contributed by atoms with Gasteiger partial charge in [0.1, 0.15) is 0 Å². The second-order valence-electron chi connectivity index (χ2n) is 5.60. The van der Waals surface area contributed by atoms with E-state index in [1.54, 1.807) is 0 Å². The van der Waals surface area contributed by atoms with E-state index >= 15 is 0 Å². The maximum absolute atomic E-state index is 13.1. The monoisotopic (exact) mass is 396 g/mol. The zero-order valence-electron chi connectivity index (χ0n) is 14.4. The van der Waals surface area contributed by atoms with Crippen molar-refractivity contribution in [2.75, 3.05) is 20.2 Å². The van der Waals surface area contributed by atoms with Gasteiger partial charge in [-0.3, -0.25) is 0 Å². The van der Waals surface area contributed by atoms with Crippen molar-refractivity contribution < 1.29 is 17.9 Å². The molecule has 140 valence electrons. The SMILES string of the molecule is COC(=O)c1ccc(S(=O)(=O)N(CCCN)Cc2ccccc2)cc1Cl. The summed E-state index contributed by atoms with van der Waals surface area (Å²) in [4.78, 5) is 11.6. The van der Waals surface area contributed by atoms with Gasteiger partial charge in [0, 0.05) is 13.1 Å². The van der Waals surface area contributed by atoms with Crippen LogP contribution in [0.15, 0.2) is 53.4 Å². The standard InChI is InChI=1S/C18H21ClN2O4S/c1-25-18(22)16-9-8-15(12-17(16)19)26(23,24)21(11-5-10-20)13-14-6-3-2-4-7-14/h2-4,6-9,12H,5,10-11,13,20H2,1H3. The molecule has 2 aromatic carbocycles. The second kappa shape index (κ2) is 9.14. The molecule has 0 unspecified atom stereocenters. The van der Waals surface area contributed by atoms with Crippen LogP contribution in [0.5, 0.6) is 0 Å². The number of hydrogen-bond acceptors (Lipinski definition) is 5. The van der Waals surface area contributed by atoms with Crippen LogP contribution in [0, 0.1) is 0 Å². The van der Waals surface area contributed by atoms with E-state index in [-0.39, 0.29) is 28.6 Å². The van der Waals surface area contributed by atoms with Crippen molar-refractivity contribution in [3.8, 4) is 0 Å². The molecule has 0 radical (unpaired) electrons. The van der Waals surface area contributed by atoms with Crippen molar-refractivity contribution in [1.82, 2.24) is 4.31 Å². The van der Waals surface area contributed by atoms with Gasteiger partial charge < -0.3 is 10.5 Å². The highest BCUT2D eigenvalue weighted by Gasteiger charge is 2.25. The Bertz CT molecular complexity index is 857. The van der Waals surface area contributed by atoms with Crippen molar-refractivity contribution in [2.45, 2.75) is 17.9 Å². The number of nitrogens with zero attached hydrogens (tertiary/aromatic N) is 1. The molecule has 0 amide bonds. The van der Waals surface area contributed by atoms with Crippen LogP contribution in [0.1, 0.15) is 22.3 Å². The predicted molar refractivity (Wildman–Crippen MR) is 101 cm³/mol. The molecule has 0 saturated heterocycles. The zero-order chi connectivity index (χ0) is 19.2. The molecule has 0 heterocycles. The fourth-order valence-corrected chi connectivity index (χ4v) is 4.24. The summed E-state index contributed by atoms with van der Waals surface area (Å²) in [5, 5.41) is 0.0245. The number of benzene rings is 2. The Hall–Kier alpha value is -1.93. The van der Waals surface area contributed by atoms with Gasteiger partial charge in [0.2, 0.25) is 10.0 Å². The normalized spacial score (nSPS) is 11.5. The first-order valence-corrected chi connectivity index (χ1v) is 9.84. The van der Waals surface area contributed by atoms with E-state index in [0.29, 0.717) is 13.0 Å². The molecule has 26 heavy (non-hydrogen) atoms. The van der Waals surface area contributed by atoms with Crippen molar-refractivity contribution in [2.24, 2.45) is 5.73 Å². The Kier molecular flexibility index (Phi) is 7.16. The van der Waals surface area contributed by atoms with Gasteiger partial charge >= 0.3 is 5.97 Å². The summed E-state index contributed by atoms with van der Waals surface area (Å²) < 4.78 is 32.1. The van der Waals surface area contributed by atoms with Crippen LogP contribution in [0.3, 0.4) is 0 Å². The molecule has 0 aromatic heterocycles. The predicted octanol–water partition coefficient (Wildman–Crippen LogP) is 2.67. The van der Waals surface area contributed by atoms with E-state index in [1.165, 1.54) is 29.6 Å². The lowest BCUT2D eigenvalue weighted by molar-refractivity contribution is 0.0601. The zero-order valence-corrected chi connectivity index (χ0v) is 16.0. The molecule has 0 aliphatic rings. The summed E-state index contributed by atoms with van der Waals surface area (Å²) in [5.41, 5.74) is 6.53. The van der Waals surface area contributed by atoms with Gasteiger partial charge in [-0.2, -0.15) is 4.31 Å². The number of sulfonamides is 1. The van der Waals surface area contributed by atoms with E-state index in [0.717, 1.165) is 5.56 Å². The molecular weight excluding hydrogens is 376 g/mol. The molecule has 2 rings (SSSR count). The van der Waals surface area contributed by atoms with Crippen LogP contribution in [-0.2, 0) is 21.3 Å². The number of carbonyl (C=O) groups is 1. The van der Waals surface area contributed by atoms with Crippen LogP contribution in [0.4, 0.5) is 0 Å². The van der Waals surface area contributed by atoms with Crippen LogP contribution in [0.25, 0.3) is 0 Å². The summed E-state index contributed by atoms with van der Waals surface area (Å²) in [6, 6.07) is 13.3. The van der Waals surface area contributed by atoms with Crippen molar-refractivity contribution in [3.63, 3.8) is 0 Å². The second-order valence-corrected chi connectivity index (χ2v) is 7.94. The summed E-state index contributed by atoms with van der Waals surface area (Å²) >= 11 is 6.07. The Balaban J connectivity index is 2.36. The first-order valence-electron chi connectivity index (χ1n) is 8.02. The molecular formula is C18H21ClN2O4S. The third kappa shape index (κ3) is 4.82. The summed E-state index contributed by atoms with van der Waals surface area (Å²) in [5.74, 6) is -0.622. The van der Waals surface area contributed by atoms with E-state index < -0.39 is 16.0 Å². The summed E-state index contributed by atoms with van der Waals surface area (Å²) in [6.07, 6.45) is 0.528. The highest BCUT2D eigenvalue weighted by atomic mass is 35.5. The third-order valence-electron chi connectivity index (χ3n) is 3.80. The fourth-order valence-electron chi connectivity index (χ4n) is 2.42. The maximum Gasteiger partial charge on any atom is 0.339 e. The first kappa shape index (κ1) is 20.4. The lowest BCUT2D eigenvalue weighted by atomic mass is 10.2. The molecule has 0 spiro atoms. The molecule has 0 fully saturated rings. The minimum absolute atomic E-state index is 0.0168. The van der Waals surface area contributed by atoms with Gasteiger partial charge in [0.05, 0.1) is 22.6 Å². The van der Waals surface area contributed by atoms with Gasteiger partial charge in [-0.1, -0.05) is 41.9 Å². The maximum atomic E-state index is 13.1. The summed E-state index contributed by atoms with van der Waals surface area (Å²) in [6.45, 7) is 0.881. The van der Waals surface area contributed by atoms with Crippen LogP contribution >= 0.6 is 11.6 Å². The van der Waals surface area contributed by atoms with Crippen molar-refractivity contribution in [3.05, 3.63) is 64.7 Å². The van der Waals surface area contributed by atoms with Crippen molar-refractivity contribution >= 4 is 27.6 Å². The smallest absolute Gasteiger partial charge is 0.339 e. The Morgan fingerprint density at radius 3 is 2.46 bits per heavy atom. The Morgan fingerprint density at radius 2 is 1.88 bits per heavy atom. The first-order chi connectivity index (χ1) is 12.4. The lowest BCUT2D eigenvalue weighted by Crippen LogP contribution is -2.32. The number of methoxy groups -OCH3 is 1. The largest absolute Gasteiger partial charge is 0.465 e. The minimum atomic E-state index is -3.80. The third-order valence-corrected chi connectivity index (χ3v) is 5.95. The average molecular weight is 397 g/mol. The van der Waals surface area contributed by atoms with E-state index in [2.05, 4.69) is 4.74 Å². The van der Waals surface area contributed by atoms with E-state index in [1.807, 2.05) is 30.3 Å². The molecule has 0 saturated carbocycles. The number of ether oxygens (including phenoxy) is 1. The van der Waals surface area contributed by atoms with Gasteiger partial charge in [-0.05, 0) is 36.7 Å². The molecule has 2 aromatic rings. The van der Waals surface area contributed by atoms with Gasteiger partial charge in [-0.25, -0.2) is 13.2 Å². The molecule has 6 nitrogen and oxygen atoms in total. The van der Waals surface area contributed by atoms with Gasteiger partial charge in [0.15, 0.2) is 0 Å². The fraction of sp³-hybridized carbons (Fsp3) is 0.278. The quantitative estimate of drug-likeness (QED) is 0.693. The number of esters is 1.